The summed E-state index contributed by atoms with van der Waals surface area (Å²) in [6.07, 6.45) is 11.8. The van der Waals surface area contributed by atoms with Crippen LogP contribution in [0.15, 0.2) is 65.8 Å². The molecule has 7 aliphatic rings. The number of piperidine rings is 1. The second-order valence-corrected chi connectivity index (χ2v) is 19.9. The number of unbranched alkanes of at least 4 members (excludes halogenated alkanes) is 1. The average Bonchev–Trinajstić information content (AvgIpc) is 4.09. The number of terminal acetylenes is 1. The van der Waals surface area contributed by atoms with Crippen LogP contribution >= 0.6 is 0 Å². The molecular formula is C53H55F2N9O8. The molecule has 1 aromatic heterocycles. The molecule has 8 heterocycles. The van der Waals surface area contributed by atoms with E-state index in [2.05, 4.69) is 48.6 Å². The number of anilines is 1. The molecule has 0 aliphatic carbocycles. The third kappa shape index (κ3) is 8.85. The third-order valence-corrected chi connectivity index (χ3v) is 15.2. The summed E-state index contributed by atoms with van der Waals surface area (Å²) in [6.45, 7) is 7.71. The quantitative estimate of drug-likeness (QED) is 0.0502. The van der Waals surface area contributed by atoms with Crippen LogP contribution in [0.4, 0.5) is 19.3 Å². The average molecular weight is 984 g/mol. The van der Waals surface area contributed by atoms with Gasteiger partial charge < -0.3 is 45.1 Å². The molecule has 3 aromatic carbocycles. The minimum atomic E-state index is -0.988. The number of nitrogens with zero attached hydrogens (tertiary/aromatic N) is 5. The Kier molecular flexibility index (Phi) is 12.5. The van der Waals surface area contributed by atoms with Gasteiger partial charge in [-0.1, -0.05) is 24.1 Å². The molecule has 374 valence electrons. The van der Waals surface area contributed by atoms with Crippen molar-refractivity contribution in [2.24, 2.45) is 4.99 Å². The molecule has 11 rings (SSSR count). The van der Waals surface area contributed by atoms with E-state index in [1.807, 2.05) is 0 Å². The first-order chi connectivity index (χ1) is 34.8. The number of ether oxygens (including phenoxy) is 3. The lowest BCUT2D eigenvalue weighted by atomic mass is 9.94. The van der Waals surface area contributed by atoms with Gasteiger partial charge in [-0.2, -0.15) is 0 Å². The fourth-order valence-electron chi connectivity index (χ4n) is 11.8. The number of hydrogen-bond acceptors (Lipinski definition) is 14. The number of aliphatic imine (C=N–C) groups is 1. The number of phenols is 1. The van der Waals surface area contributed by atoms with E-state index in [4.69, 9.17) is 25.6 Å². The van der Waals surface area contributed by atoms with Crippen molar-refractivity contribution in [1.29, 1.82) is 0 Å². The van der Waals surface area contributed by atoms with Gasteiger partial charge in [-0.05, 0) is 98.7 Å². The van der Waals surface area contributed by atoms with Crippen molar-refractivity contribution in [2.45, 2.75) is 100 Å². The molecule has 0 saturated carbocycles. The molecule has 72 heavy (non-hydrogen) atoms. The molecular weight excluding hydrogens is 929 g/mol. The molecule has 6 atom stereocenters. The van der Waals surface area contributed by atoms with E-state index in [1.54, 1.807) is 24.4 Å². The number of amides is 4. The maximum Gasteiger partial charge on any atom is 0.407 e. The zero-order valence-electron chi connectivity index (χ0n) is 39.6. The fraction of sp³-hybridized carbons (Fsp3) is 0.434. The Bertz CT molecular complexity index is 2990. The number of nitrogens with one attached hydrogen (secondary N) is 4. The number of amidine groups is 1. The second-order valence-electron chi connectivity index (χ2n) is 19.9. The minimum absolute atomic E-state index is 0.0610. The molecule has 5 fully saturated rings. The molecule has 2 bridgehead atoms. The Balaban J connectivity index is 0.703. The maximum absolute atomic E-state index is 17.2. The van der Waals surface area contributed by atoms with Crippen molar-refractivity contribution in [1.82, 2.24) is 35.6 Å². The molecule has 17 nitrogen and oxygen atoms in total. The van der Waals surface area contributed by atoms with Crippen LogP contribution in [0.3, 0.4) is 0 Å². The Morgan fingerprint density at radius 1 is 1.01 bits per heavy atom. The zero-order chi connectivity index (χ0) is 49.8. The van der Waals surface area contributed by atoms with E-state index in [-0.39, 0.29) is 89.8 Å². The van der Waals surface area contributed by atoms with Gasteiger partial charge in [0, 0.05) is 85.5 Å². The van der Waals surface area contributed by atoms with E-state index < -0.39 is 41.6 Å². The Hall–Kier alpha value is -7.14. The summed E-state index contributed by atoms with van der Waals surface area (Å²) in [7, 11) is 0. The van der Waals surface area contributed by atoms with Crippen molar-refractivity contribution >= 4 is 46.1 Å². The van der Waals surface area contributed by atoms with Crippen LogP contribution in [0.1, 0.15) is 84.8 Å². The number of hydrogen-bond donors (Lipinski definition) is 5. The molecule has 4 amide bonds. The van der Waals surface area contributed by atoms with E-state index >= 15 is 8.78 Å². The highest BCUT2D eigenvalue weighted by molar-refractivity contribution is 6.07. The normalized spacial score (nSPS) is 25.4. The number of aromatic hydroxyl groups is 1. The van der Waals surface area contributed by atoms with Crippen molar-refractivity contribution in [3.63, 3.8) is 0 Å². The van der Waals surface area contributed by atoms with Crippen LogP contribution in [-0.4, -0.2) is 136 Å². The van der Waals surface area contributed by atoms with Crippen molar-refractivity contribution in [2.75, 3.05) is 51.3 Å². The molecule has 4 aromatic rings. The standard InChI is InChI=1S/C53H55F2N9O8/c1-3-37-41(54)11-6-30-18-35(65)20-39(44(30)37)46-45(55)47-40(22-57-46)48(62-25-32-7-8-33(26-62)58-32)61-51(60-47)72-28-53-15-14-34(64(53)23-29(2)21-53)27-71-52(69)56-16-4-5-17-70-36-9-10-38-31(19-36)24-63(50(38)68)42-12-13-43(66)59-49(42)67/h1,6,9-11,18-20,22,32-34,42,51,58,60,65H,2,4-5,7-8,12-17,21,23-28H2,(H,56,69)(H,59,66,67)/t32?,33?,34-,42?,51?,53?/m0/s1. The number of imide groups is 1. The number of benzene rings is 3. The summed E-state index contributed by atoms with van der Waals surface area (Å²) in [4.78, 5) is 65.5. The molecule has 0 spiro atoms. The van der Waals surface area contributed by atoms with Gasteiger partial charge in [-0.15, -0.1) is 6.42 Å². The van der Waals surface area contributed by atoms with E-state index in [1.165, 1.54) is 29.2 Å². The highest BCUT2D eigenvalue weighted by Gasteiger charge is 2.51. The van der Waals surface area contributed by atoms with Crippen molar-refractivity contribution in [3.05, 3.63) is 94.7 Å². The number of carbonyl (C=O) groups excluding carboxylic acids is 4. The van der Waals surface area contributed by atoms with Gasteiger partial charge in [0.15, 0.2) is 5.82 Å². The smallest absolute Gasteiger partial charge is 0.407 e. The number of pyridine rings is 1. The first kappa shape index (κ1) is 47.2. The number of phenolic OH excluding ortho intramolecular Hbond substituents is 1. The first-order valence-corrected chi connectivity index (χ1v) is 24.7. The lowest BCUT2D eigenvalue weighted by Gasteiger charge is -2.39. The summed E-state index contributed by atoms with van der Waals surface area (Å²) < 4.78 is 50.7. The SMILES string of the molecule is C#Cc1c(F)ccc2cc(O)cc(-c3ncc4c(c3F)NC(OCC35CC[C@@H](COC(=O)NCCCCOc6ccc7c(c6)CN(C6CCC(=O)NC6=O)C7=O)N3CC(=C)C5)N=C4N3CC4CCC(C3)N4)c12. The van der Waals surface area contributed by atoms with Crippen molar-refractivity contribution < 1.29 is 47.3 Å². The van der Waals surface area contributed by atoms with Crippen LogP contribution in [-0.2, 0) is 25.6 Å². The molecule has 5 unspecified atom stereocenters. The highest BCUT2D eigenvalue weighted by atomic mass is 19.1. The van der Waals surface area contributed by atoms with Gasteiger partial charge in [0.1, 0.15) is 41.5 Å². The predicted molar refractivity (Wildman–Crippen MR) is 261 cm³/mol. The van der Waals surface area contributed by atoms with Crippen LogP contribution in [0.5, 0.6) is 11.5 Å². The van der Waals surface area contributed by atoms with E-state index in [0.717, 1.165) is 36.8 Å². The number of rotatable bonds is 13. The summed E-state index contributed by atoms with van der Waals surface area (Å²) in [5.74, 6) is 1.01. The Labute approximate surface area is 414 Å². The van der Waals surface area contributed by atoms with Crippen LogP contribution in [0.2, 0.25) is 0 Å². The van der Waals surface area contributed by atoms with Crippen LogP contribution in [0.25, 0.3) is 22.0 Å². The zero-order valence-corrected chi connectivity index (χ0v) is 39.6. The Morgan fingerprint density at radius 2 is 1.85 bits per heavy atom. The number of aromatic nitrogens is 1. The van der Waals surface area contributed by atoms with Crippen molar-refractivity contribution in [3.8, 4) is 35.1 Å². The molecule has 5 saturated heterocycles. The summed E-state index contributed by atoms with van der Waals surface area (Å²) >= 11 is 0. The molecule has 7 aliphatic heterocycles. The van der Waals surface area contributed by atoms with Gasteiger partial charge in [-0.3, -0.25) is 29.6 Å². The summed E-state index contributed by atoms with van der Waals surface area (Å²) in [5.41, 5.74) is 2.41. The highest BCUT2D eigenvalue weighted by Crippen LogP contribution is 2.45. The number of fused-ring (bicyclic) bond motifs is 6. The number of piperazine rings is 1. The maximum atomic E-state index is 17.2. The van der Waals surface area contributed by atoms with Crippen LogP contribution < -0.4 is 26.0 Å². The van der Waals surface area contributed by atoms with E-state index in [9.17, 15) is 24.3 Å². The third-order valence-electron chi connectivity index (χ3n) is 15.2. The number of likely N-dealkylation sites (tertiary alicyclic amines) is 1. The lowest BCUT2D eigenvalue weighted by Crippen LogP contribution is -2.54. The monoisotopic (exact) mass is 983 g/mol. The summed E-state index contributed by atoms with van der Waals surface area (Å²) in [5, 5.41) is 23.4. The van der Waals surface area contributed by atoms with Gasteiger partial charge in [0.05, 0.1) is 30.0 Å². The lowest BCUT2D eigenvalue weighted by molar-refractivity contribution is -0.136. The molecule has 19 heteroatoms. The first-order valence-electron chi connectivity index (χ1n) is 24.7. The van der Waals surface area contributed by atoms with E-state index in [0.29, 0.717) is 86.6 Å². The van der Waals surface area contributed by atoms with Gasteiger partial charge in [0.2, 0.25) is 18.2 Å². The largest absolute Gasteiger partial charge is 0.508 e. The van der Waals surface area contributed by atoms with Crippen LogP contribution in [0, 0.1) is 24.0 Å². The number of alkyl carbamates (subject to hydrolysis) is 1. The van der Waals surface area contributed by atoms with Gasteiger partial charge in [0.25, 0.3) is 5.91 Å². The molecule has 0 radical (unpaired) electrons. The summed E-state index contributed by atoms with van der Waals surface area (Å²) in [6, 6.07) is 10.5. The Morgan fingerprint density at radius 3 is 2.65 bits per heavy atom. The topological polar surface area (TPSA) is 199 Å². The number of halogens is 2. The van der Waals surface area contributed by atoms with Gasteiger partial charge >= 0.3 is 6.09 Å². The molecule has 5 N–H and O–H groups in total. The van der Waals surface area contributed by atoms with Gasteiger partial charge in [-0.25, -0.2) is 18.6 Å². The predicted octanol–water partition coefficient (Wildman–Crippen LogP) is 5.28. The number of carbonyl (C=O) groups is 4. The fourth-order valence-corrected chi connectivity index (χ4v) is 11.8. The minimum Gasteiger partial charge on any atom is -0.508 e. The second kappa shape index (κ2) is 19.1.